The summed E-state index contributed by atoms with van der Waals surface area (Å²) < 4.78 is 2.13. The lowest BCUT2D eigenvalue weighted by molar-refractivity contribution is 0.0696. The zero-order chi connectivity index (χ0) is 15.6. The van der Waals surface area contributed by atoms with Gasteiger partial charge in [0.2, 0.25) is 0 Å². The van der Waals surface area contributed by atoms with E-state index in [1.54, 1.807) is 0 Å². The van der Waals surface area contributed by atoms with Crippen molar-refractivity contribution in [2.45, 2.75) is 40.7 Å². The van der Waals surface area contributed by atoms with Gasteiger partial charge in [-0.2, -0.15) is 0 Å². The molecular weight excluding hydrogens is 260 g/mol. The molecule has 2 rings (SSSR count). The third kappa shape index (κ3) is 3.12. The predicted molar refractivity (Wildman–Crippen MR) is 89.2 cm³/mol. The first-order chi connectivity index (χ1) is 9.95. The molecule has 0 unspecified atom stereocenters. The number of carbonyl (C=O) groups excluding carboxylic acids is 1. The molecule has 3 nitrogen and oxygen atoms in total. The molecule has 0 spiro atoms. The first kappa shape index (κ1) is 15.6. The number of nitrogens with zero attached hydrogens (tertiary/aromatic N) is 2. The van der Waals surface area contributed by atoms with Crippen molar-refractivity contribution in [2.75, 3.05) is 13.1 Å². The summed E-state index contributed by atoms with van der Waals surface area (Å²) in [5.74, 6) is 0.774. The molecule has 0 radical (unpaired) electrons. The number of allylic oxidation sites excluding steroid dienone is 2. The van der Waals surface area contributed by atoms with E-state index in [0.717, 1.165) is 48.6 Å². The van der Waals surface area contributed by atoms with Crippen molar-refractivity contribution in [3.05, 3.63) is 35.7 Å². The Morgan fingerprint density at radius 1 is 1.43 bits per heavy atom. The molecule has 2 heterocycles. The molecule has 114 valence electrons. The summed E-state index contributed by atoms with van der Waals surface area (Å²) in [5.41, 5.74) is 4.01. The summed E-state index contributed by atoms with van der Waals surface area (Å²) in [5, 5.41) is 0. The van der Waals surface area contributed by atoms with Gasteiger partial charge < -0.3 is 9.47 Å². The summed E-state index contributed by atoms with van der Waals surface area (Å²) in [6.45, 7) is 15.0. The first-order valence-electron chi connectivity index (χ1n) is 7.77. The third-order valence-electron chi connectivity index (χ3n) is 3.95. The van der Waals surface area contributed by atoms with Crippen LogP contribution in [0.1, 0.15) is 55.9 Å². The highest BCUT2D eigenvalue weighted by molar-refractivity contribution is 5.95. The second-order valence-electron chi connectivity index (χ2n) is 6.24. The van der Waals surface area contributed by atoms with Gasteiger partial charge in [-0.3, -0.25) is 4.79 Å². The van der Waals surface area contributed by atoms with Gasteiger partial charge in [0.25, 0.3) is 5.91 Å². The van der Waals surface area contributed by atoms with Gasteiger partial charge >= 0.3 is 0 Å². The molecule has 0 bridgehead atoms. The Morgan fingerprint density at radius 2 is 2.14 bits per heavy atom. The normalized spacial score (nSPS) is 15.1. The lowest BCUT2D eigenvalue weighted by Crippen LogP contribution is -2.41. The molecule has 1 amide bonds. The van der Waals surface area contributed by atoms with E-state index in [1.807, 2.05) is 30.9 Å². The van der Waals surface area contributed by atoms with E-state index in [-0.39, 0.29) is 5.91 Å². The number of hydrogen-bond acceptors (Lipinski definition) is 1. The van der Waals surface area contributed by atoms with Gasteiger partial charge in [0.15, 0.2) is 0 Å². The molecule has 21 heavy (non-hydrogen) atoms. The highest BCUT2D eigenvalue weighted by Gasteiger charge is 2.27. The molecule has 0 fully saturated rings. The molecule has 0 atom stereocenters. The van der Waals surface area contributed by atoms with Gasteiger partial charge in [0.05, 0.1) is 5.69 Å². The van der Waals surface area contributed by atoms with Crippen molar-refractivity contribution in [2.24, 2.45) is 5.92 Å². The summed E-state index contributed by atoms with van der Waals surface area (Å²) >= 11 is 0. The number of hydrogen-bond donors (Lipinski definition) is 0. The van der Waals surface area contributed by atoms with Crippen LogP contribution in [0.25, 0.3) is 11.6 Å². The van der Waals surface area contributed by atoms with Gasteiger partial charge in [-0.15, -0.1) is 0 Å². The monoisotopic (exact) mass is 286 g/mol. The van der Waals surface area contributed by atoms with Crippen LogP contribution in [0.5, 0.6) is 0 Å². The molecule has 1 aromatic heterocycles. The third-order valence-corrected chi connectivity index (χ3v) is 3.95. The Kier molecular flexibility index (Phi) is 4.71. The topological polar surface area (TPSA) is 25.2 Å². The van der Waals surface area contributed by atoms with Crippen LogP contribution in [0.15, 0.2) is 18.7 Å². The van der Waals surface area contributed by atoms with Gasteiger partial charge in [-0.25, -0.2) is 0 Å². The lowest BCUT2D eigenvalue weighted by atomic mass is 10.1. The highest BCUT2D eigenvalue weighted by Crippen LogP contribution is 2.27. The van der Waals surface area contributed by atoms with Crippen molar-refractivity contribution >= 4 is 17.6 Å². The van der Waals surface area contributed by atoms with E-state index in [4.69, 9.17) is 0 Å². The number of fused-ring (bicyclic) bond motifs is 1. The van der Waals surface area contributed by atoms with E-state index in [0.29, 0.717) is 5.92 Å². The van der Waals surface area contributed by atoms with Crippen LogP contribution in [-0.2, 0) is 6.54 Å². The van der Waals surface area contributed by atoms with Gasteiger partial charge in [-0.1, -0.05) is 32.6 Å². The molecule has 1 aliphatic heterocycles. The van der Waals surface area contributed by atoms with E-state index in [1.165, 1.54) is 0 Å². The minimum atomic E-state index is 0.153. The number of rotatable bonds is 5. The number of aromatic nitrogens is 1. The van der Waals surface area contributed by atoms with Crippen LogP contribution in [0.4, 0.5) is 0 Å². The zero-order valence-corrected chi connectivity index (χ0v) is 13.6. The Hall–Kier alpha value is -1.77. The maximum absolute atomic E-state index is 12.7. The molecule has 0 N–H and O–H groups in total. The quantitative estimate of drug-likeness (QED) is 0.801. The largest absolute Gasteiger partial charge is 0.336 e. The molecule has 0 saturated heterocycles. The SMILES string of the molecule is C=C(C)c1c(/C=C\C)cc2n1CCN(CCC(C)C)C2=O. The van der Waals surface area contributed by atoms with Crippen LogP contribution in [0.3, 0.4) is 0 Å². The van der Waals surface area contributed by atoms with Gasteiger partial charge in [0.1, 0.15) is 5.69 Å². The maximum Gasteiger partial charge on any atom is 0.270 e. The second-order valence-corrected chi connectivity index (χ2v) is 6.24. The Balaban J connectivity index is 2.34. The Bertz CT molecular complexity index is 578. The summed E-state index contributed by atoms with van der Waals surface area (Å²) in [7, 11) is 0. The van der Waals surface area contributed by atoms with Gasteiger partial charge in [0, 0.05) is 25.2 Å². The smallest absolute Gasteiger partial charge is 0.270 e. The standard InChI is InChI=1S/C18H26N2O/c1-6-7-15-12-16-18(21)19(9-8-13(2)3)10-11-20(16)17(15)14(4)5/h6-7,12-13H,4,8-11H2,1-3,5H3/b7-6-. The molecule has 0 aromatic carbocycles. The number of carbonyl (C=O) groups is 1. The van der Waals surface area contributed by atoms with Crippen molar-refractivity contribution in [1.82, 2.24) is 9.47 Å². The van der Waals surface area contributed by atoms with E-state index >= 15 is 0 Å². The van der Waals surface area contributed by atoms with Crippen molar-refractivity contribution in [3.8, 4) is 0 Å². The van der Waals surface area contributed by atoms with E-state index < -0.39 is 0 Å². The summed E-state index contributed by atoms with van der Waals surface area (Å²) in [6, 6.07) is 2.01. The average molecular weight is 286 g/mol. The fourth-order valence-electron chi connectivity index (χ4n) is 2.87. The number of amides is 1. The first-order valence-corrected chi connectivity index (χ1v) is 7.77. The summed E-state index contributed by atoms with van der Waals surface area (Å²) in [6.07, 6.45) is 5.12. The Labute approximate surface area is 127 Å². The molecule has 0 saturated carbocycles. The average Bonchev–Trinajstić information content (AvgIpc) is 2.77. The van der Waals surface area contributed by atoms with Crippen molar-refractivity contribution in [3.63, 3.8) is 0 Å². The van der Waals surface area contributed by atoms with Crippen molar-refractivity contribution < 1.29 is 4.79 Å². The predicted octanol–water partition coefficient (Wildman–Crippen LogP) is 4.06. The van der Waals surface area contributed by atoms with Gasteiger partial charge in [-0.05, 0) is 37.8 Å². The molecule has 0 aliphatic carbocycles. The minimum Gasteiger partial charge on any atom is -0.336 e. The molecule has 1 aliphatic rings. The van der Waals surface area contributed by atoms with Crippen LogP contribution in [-0.4, -0.2) is 28.5 Å². The van der Waals surface area contributed by atoms with E-state index in [9.17, 15) is 4.79 Å². The molecule has 3 heteroatoms. The van der Waals surface area contributed by atoms with E-state index in [2.05, 4.69) is 31.1 Å². The van der Waals surface area contributed by atoms with Crippen molar-refractivity contribution in [1.29, 1.82) is 0 Å². The van der Waals surface area contributed by atoms with Crippen LogP contribution in [0.2, 0.25) is 0 Å². The second kappa shape index (κ2) is 6.33. The fraction of sp³-hybridized carbons (Fsp3) is 0.500. The fourth-order valence-corrected chi connectivity index (χ4v) is 2.87. The molecular formula is C18H26N2O. The zero-order valence-electron chi connectivity index (χ0n) is 13.6. The maximum atomic E-state index is 12.7. The van der Waals surface area contributed by atoms with Crippen LogP contribution >= 0.6 is 0 Å². The lowest BCUT2D eigenvalue weighted by Gasteiger charge is -2.30. The Morgan fingerprint density at radius 3 is 2.71 bits per heavy atom. The highest BCUT2D eigenvalue weighted by atomic mass is 16.2. The van der Waals surface area contributed by atoms with Crippen LogP contribution < -0.4 is 0 Å². The molecule has 1 aromatic rings. The summed E-state index contributed by atoms with van der Waals surface area (Å²) in [4.78, 5) is 14.7. The minimum absolute atomic E-state index is 0.153. The van der Waals surface area contributed by atoms with Crippen LogP contribution in [0, 0.1) is 5.92 Å².